The molecule has 1 aliphatic rings. The number of sulfonamides is 1. The van der Waals surface area contributed by atoms with Crippen LogP contribution in [-0.2, 0) is 14.8 Å². The van der Waals surface area contributed by atoms with E-state index in [0.717, 1.165) is 0 Å². The molecule has 1 aliphatic heterocycles. The van der Waals surface area contributed by atoms with E-state index in [2.05, 4.69) is 0 Å². The molecule has 1 saturated heterocycles. The van der Waals surface area contributed by atoms with E-state index in [1.807, 2.05) is 0 Å². The van der Waals surface area contributed by atoms with Crippen LogP contribution in [0.25, 0.3) is 0 Å². The number of benzene rings is 1. The van der Waals surface area contributed by atoms with Crippen LogP contribution in [0.4, 0.5) is 29.3 Å². The monoisotopic (exact) mass is 409 g/mol. The lowest BCUT2D eigenvalue weighted by Crippen LogP contribution is -2.50. The molecule has 0 atom stereocenters. The molecule has 0 spiro atoms. The van der Waals surface area contributed by atoms with Gasteiger partial charge >= 0.3 is 21.6 Å². The van der Waals surface area contributed by atoms with E-state index in [1.54, 1.807) is 36.5 Å². The maximum Gasteiger partial charge on any atom is 0.516 e. The molecule has 1 heterocycles. The number of ether oxygens (including phenoxy) is 1. The van der Waals surface area contributed by atoms with Gasteiger partial charge in [-0.15, -0.1) is 0 Å². The number of carbonyl (C=O) groups is 1. The molecule has 0 saturated carbocycles. The van der Waals surface area contributed by atoms with Crippen molar-refractivity contribution in [2.45, 2.75) is 31.9 Å². The lowest BCUT2D eigenvalue weighted by atomic mass is 10.2. The molecule has 0 radical (unpaired) electrons. The van der Waals surface area contributed by atoms with Crippen molar-refractivity contribution >= 4 is 27.5 Å². The van der Waals surface area contributed by atoms with Gasteiger partial charge in [0.05, 0.1) is 11.4 Å². The third-order valence-corrected chi connectivity index (χ3v) is 4.82. The number of carbonyl (C=O) groups excluding carboxylic acids is 1. The van der Waals surface area contributed by atoms with E-state index in [-0.39, 0.29) is 5.69 Å². The van der Waals surface area contributed by atoms with Crippen molar-refractivity contribution < 1.29 is 31.1 Å². The SMILES string of the molecule is CC(C)(C)OC(=O)N1CCN(c2ccccc2NS(=O)(=O)C(F)(F)F)CC1. The molecular formula is C16H22F3N3O4S. The van der Waals surface area contributed by atoms with Crippen molar-refractivity contribution in [1.82, 2.24) is 4.90 Å². The number of anilines is 2. The number of hydrogen-bond acceptors (Lipinski definition) is 5. The quantitative estimate of drug-likeness (QED) is 0.830. The summed E-state index contributed by atoms with van der Waals surface area (Å²) in [4.78, 5) is 15.3. The summed E-state index contributed by atoms with van der Waals surface area (Å²) in [7, 11) is -5.52. The Hall–Kier alpha value is -2.17. The molecule has 1 fully saturated rings. The predicted molar refractivity (Wildman–Crippen MR) is 95.1 cm³/mol. The molecule has 1 amide bonds. The first-order valence-electron chi connectivity index (χ1n) is 8.21. The average molecular weight is 409 g/mol. The largest absolute Gasteiger partial charge is 0.516 e. The van der Waals surface area contributed by atoms with Gasteiger partial charge in [-0.1, -0.05) is 12.1 Å². The van der Waals surface area contributed by atoms with E-state index >= 15 is 0 Å². The van der Waals surface area contributed by atoms with Gasteiger partial charge in [0, 0.05) is 26.2 Å². The van der Waals surface area contributed by atoms with Gasteiger partial charge in [0.25, 0.3) is 0 Å². The Bertz CT molecular complexity index is 783. The van der Waals surface area contributed by atoms with Gasteiger partial charge in [0.2, 0.25) is 0 Å². The molecule has 0 aliphatic carbocycles. The second-order valence-electron chi connectivity index (χ2n) is 7.02. The Morgan fingerprint density at radius 1 is 1.07 bits per heavy atom. The number of amides is 1. The minimum absolute atomic E-state index is 0.166. The van der Waals surface area contributed by atoms with Crippen molar-refractivity contribution in [3.8, 4) is 0 Å². The van der Waals surface area contributed by atoms with Crippen LogP contribution < -0.4 is 9.62 Å². The summed E-state index contributed by atoms with van der Waals surface area (Å²) in [6.45, 7) is 6.51. The van der Waals surface area contributed by atoms with Crippen molar-refractivity contribution in [3.63, 3.8) is 0 Å². The number of halogens is 3. The number of alkyl halides is 3. The predicted octanol–water partition coefficient (Wildman–Crippen LogP) is 3.01. The molecule has 1 N–H and O–H groups in total. The number of piperazine rings is 1. The van der Waals surface area contributed by atoms with Crippen LogP contribution in [0.15, 0.2) is 24.3 Å². The van der Waals surface area contributed by atoms with Crippen LogP contribution in [0.1, 0.15) is 20.8 Å². The van der Waals surface area contributed by atoms with Crippen LogP contribution in [0, 0.1) is 0 Å². The maximum atomic E-state index is 12.6. The first-order valence-corrected chi connectivity index (χ1v) is 9.69. The zero-order valence-electron chi connectivity index (χ0n) is 15.2. The molecule has 1 aromatic rings. The minimum Gasteiger partial charge on any atom is -0.444 e. The third-order valence-electron chi connectivity index (χ3n) is 3.73. The topological polar surface area (TPSA) is 79.0 Å². The van der Waals surface area contributed by atoms with Crippen molar-refractivity contribution in [1.29, 1.82) is 0 Å². The van der Waals surface area contributed by atoms with Crippen LogP contribution >= 0.6 is 0 Å². The van der Waals surface area contributed by atoms with Gasteiger partial charge in [-0.3, -0.25) is 4.72 Å². The summed E-state index contributed by atoms with van der Waals surface area (Å²) < 4.78 is 67.6. The highest BCUT2D eigenvalue weighted by atomic mass is 32.2. The summed E-state index contributed by atoms with van der Waals surface area (Å²) >= 11 is 0. The van der Waals surface area contributed by atoms with Crippen molar-refractivity contribution in [2.24, 2.45) is 0 Å². The summed E-state index contributed by atoms with van der Waals surface area (Å²) in [5.74, 6) is 0. The summed E-state index contributed by atoms with van der Waals surface area (Å²) in [6, 6.07) is 5.83. The smallest absolute Gasteiger partial charge is 0.444 e. The normalized spacial score (nSPS) is 16.2. The van der Waals surface area contributed by atoms with E-state index in [9.17, 15) is 26.4 Å². The molecule has 2 rings (SSSR count). The highest BCUT2D eigenvalue weighted by Crippen LogP contribution is 2.31. The molecule has 152 valence electrons. The van der Waals surface area contributed by atoms with Crippen LogP contribution in [0.3, 0.4) is 0 Å². The molecule has 0 bridgehead atoms. The molecule has 27 heavy (non-hydrogen) atoms. The lowest BCUT2D eigenvalue weighted by molar-refractivity contribution is -0.0429. The second-order valence-corrected chi connectivity index (χ2v) is 8.70. The second kappa shape index (κ2) is 7.45. The summed E-state index contributed by atoms with van der Waals surface area (Å²) in [5.41, 5.74) is -5.89. The standard InChI is InChI=1S/C16H22F3N3O4S/c1-15(2,3)26-14(23)22-10-8-21(9-11-22)13-7-5-4-6-12(13)20-27(24,25)16(17,18)19/h4-7,20H,8-11H2,1-3H3. The van der Waals surface area contributed by atoms with E-state index in [0.29, 0.717) is 31.9 Å². The van der Waals surface area contributed by atoms with Gasteiger partial charge < -0.3 is 14.5 Å². The van der Waals surface area contributed by atoms with Crippen molar-refractivity contribution in [2.75, 3.05) is 35.8 Å². The summed E-state index contributed by atoms with van der Waals surface area (Å²) in [5, 5.41) is 0. The number of rotatable bonds is 3. The molecular weight excluding hydrogens is 387 g/mol. The van der Waals surface area contributed by atoms with E-state index in [1.165, 1.54) is 23.1 Å². The number of nitrogens with one attached hydrogen (secondary N) is 1. The van der Waals surface area contributed by atoms with Crippen molar-refractivity contribution in [3.05, 3.63) is 24.3 Å². The zero-order chi connectivity index (χ0) is 20.5. The fraction of sp³-hybridized carbons (Fsp3) is 0.562. The Labute approximate surface area is 156 Å². The van der Waals surface area contributed by atoms with Gasteiger partial charge in [-0.2, -0.15) is 21.6 Å². The Balaban J connectivity index is 2.10. The number of para-hydroxylation sites is 2. The number of nitrogens with zero attached hydrogens (tertiary/aromatic N) is 2. The Kier molecular flexibility index (Phi) is 5.83. The van der Waals surface area contributed by atoms with E-state index < -0.39 is 27.2 Å². The Morgan fingerprint density at radius 2 is 1.63 bits per heavy atom. The van der Waals surface area contributed by atoms with Gasteiger partial charge in [0.15, 0.2) is 0 Å². The lowest BCUT2D eigenvalue weighted by Gasteiger charge is -2.37. The third kappa shape index (κ3) is 5.41. The highest BCUT2D eigenvalue weighted by Gasteiger charge is 2.46. The highest BCUT2D eigenvalue weighted by molar-refractivity contribution is 7.93. The molecule has 7 nitrogen and oxygen atoms in total. The molecule has 11 heteroatoms. The zero-order valence-corrected chi connectivity index (χ0v) is 16.0. The fourth-order valence-corrected chi connectivity index (χ4v) is 3.07. The molecule has 1 aromatic carbocycles. The molecule has 0 aromatic heterocycles. The first-order chi connectivity index (χ1) is 12.3. The van der Waals surface area contributed by atoms with Crippen LogP contribution in [0.5, 0.6) is 0 Å². The maximum absolute atomic E-state index is 12.6. The molecule has 0 unspecified atom stereocenters. The van der Waals surface area contributed by atoms with Crippen LogP contribution in [-0.4, -0.2) is 56.7 Å². The van der Waals surface area contributed by atoms with Gasteiger partial charge in [-0.05, 0) is 32.9 Å². The fourth-order valence-electron chi connectivity index (χ4n) is 2.49. The van der Waals surface area contributed by atoms with Gasteiger partial charge in [-0.25, -0.2) is 4.79 Å². The Morgan fingerprint density at radius 3 is 2.15 bits per heavy atom. The van der Waals surface area contributed by atoms with Crippen LogP contribution in [0.2, 0.25) is 0 Å². The number of hydrogen-bond donors (Lipinski definition) is 1. The van der Waals surface area contributed by atoms with Gasteiger partial charge in [0.1, 0.15) is 5.60 Å². The first kappa shape index (κ1) is 21.1. The average Bonchev–Trinajstić information content (AvgIpc) is 2.52. The summed E-state index contributed by atoms with van der Waals surface area (Å²) in [6.07, 6.45) is -0.465. The van der Waals surface area contributed by atoms with E-state index in [4.69, 9.17) is 4.74 Å². The minimum atomic E-state index is -5.52.